The van der Waals surface area contributed by atoms with Gasteiger partial charge in [-0.3, -0.25) is 14.6 Å². The largest absolute Gasteiger partial charge is 0.503 e. The predicted octanol–water partition coefficient (Wildman–Crippen LogP) is 4.79. The van der Waals surface area contributed by atoms with Gasteiger partial charge >= 0.3 is 5.97 Å². The Balaban J connectivity index is 1.52. The molecule has 9 nitrogen and oxygen atoms in total. The molecule has 3 heterocycles. The number of pyridine rings is 1. The van der Waals surface area contributed by atoms with Gasteiger partial charge in [0.25, 0.3) is 5.91 Å². The Bertz CT molecular complexity index is 1560. The number of methoxy groups -OCH3 is 1. The topological polar surface area (TPSA) is 119 Å². The fourth-order valence-electron chi connectivity index (χ4n) is 4.49. The van der Waals surface area contributed by atoms with Crippen LogP contribution in [0.4, 0.5) is 0 Å². The van der Waals surface area contributed by atoms with Crippen molar-refractivity contribution in [2.75, 3.05) is 13.7 Å². The Kier molecular flexibility index (Phi) is 6.66. The molecule has 2 aromatic heterocycles. The van der Waals surface area contributed by atoms with E-state index >= 15 is 0 Å². The highest BCUT2D eigenvalue weighted by Gasteiger charge is 2.45. The Morgan fingerprint density at radius 2 is 1.87 bits per heavy atom. The molecule has 0 fully saturated rings. The van der Waals surface area contributed by atoms with Gasteiger partial charge < -0.3 is 23.9 Å². The first kappa shape index (κ1) is 24.8. The highest BCUT2D eigenvalue weighted by molar-refractivity contribution is 6.16. The summed E-state index contributed by atoms with van der Waals surface area (Å²) in [7, 11) is 1.50. The first-order valence-corrected chi connectivity index (χ1v) is 11.9. The monoisotopic (exact) mass is 512 g/mol. The number of aromatic nitrogens is 1. The maximum Gasteiger partial charge on any atom is 0.338 e. The van der Waals surface area contributed by atoms with Gasteiger partial charge in [-0.05, 0) is 48.9 Å². The van der Waals surface area contributed by atoms with E-state index in [4.69, 9.17) is 13.9 Å². The van der Waals surface area contributed by atoms with Crippen molar-refractivity contribution >= 4 is 28.6 Å². The summed E-state index contributed by atoms with van der Waals surface area (Å²) < 4.78 is 16.2. The van der Waals surface area contributed by atoms with Gasteiger partial charge in [0.05, 0.1) is 30.5 Å². The van der Waals surface area contributed by atoms with Gasteiger partial charge in [0.1, 0.15) is 6.04 Å². The van der Waals surface area contributed by atoms with Crippen molar-refractivity contribution in [2.24, 2.45) is 0 Å². The van der Waals surface area contributed by atoms with Crippen LogP contribution in [0.5, 0.6) is 5.75 Å². The second-order valence-electron chi connectivity index (χ2n) is 8.59. The zero-order valence-corrected chi connectivity index (χ0v) is 20.7. The van der Waals surface area contributed by atoms with Crippen LogP contribution >= 0.6 is 0 Å². The van der Waals surface area contributed by atoms with Crippen LogP contribution < -0.4 is 4.74 Å². The van der Waals surface area contributed by atoms with E-state index < -0.39 is 29.5 Å². The summed E-state index contributed by atoms with van der Waals surface area (Å²) in [5.74, 6) is -2.05. The minimum Gasteiger partial charge on any atom is -0.503 e. The van der Waals surface area contributed by atoms with Crippen LogP contribution in [-0.2, 0) is 16.1 Å². The highest BCUT2D eigenvalue weighted by Crippen LogP contribution is 2.40. The number of aliphatic hydroxyl groups is 1. The summed E-state index contributed by atoms with van der Waals surface area (Å²) in [5, 5.41) is 11.6. The molecule has 0 aliphatic carbocycles. The maximum absolute atomic E-state index is 13.7. The first-order valence-electron chi connectivity index (χ1n) is 11.9. The second-order valence-corrected chi connectivity index (χ2v) is 8.59. The molecule has 0 saturated heterocycles. The molecule has 1 amide bonds. The third-order valence-corrected chi connectivity index (χ3v) is 6.29. The van der Waals surface area contributed by atoms with Crippen LogP contribution in [0.1, 0.15) is 45.1 Å². The number of esters is 1. The molecule has 1 unspecified atom stereocenters. The van der Waals surface area contributed by atoms with Gasteiger partial charge in [-0.15, -0.1) is 0 Å². The Labute approximate surface area is 217 Å². The van der Waals surface area contributed by atoms with Gasteiger partial charge in [-0.25, -0.2) is 4.79 Å². The molecule has 4 aromatic rings. The van der Waals surface area contributed by atoms with E-state index in [0.29, 0.717) is 33.5 Å². The Hall–Kier alpha value is -4.92. The fraction of sp³-hybridized carbons (Fsp3) is 0.172. The van der Waals surface area contributed by atoms with Crippen molar-refractivity contribution in [2.45, 2.75) is 19.5 Å². The Morgan fingerprint density at radius 3 is 2.55 bits per heavy atom. The number of carbonyl (C=O) groups is 3. The van der Waals surface area contributed by atoms with E-state index in [2.05, 4.69) is 4.98 Å². The molecule has 9 heteroatoms. The van der Waals surface area contributed by atoms with Crippen LogP contribution in [0.15, 0.2) is 88.7 Å². The number of furan rings is 1. The van der Waals surface area contributed by atoms with E-state index in [0.717, 1.165) is 0 Å². The molecule has 5 rings (SSSR count). The molecular formula is C29H24N2O7. The lowest BCUT2D eigenvalue weighted by molar-refractivity contribution is -0.130. The van der Waals surface area contributed by atoms with Crippen molar-refractivity contribution < 1.29 is 33.4 Å². The normalized spacial score (nSPS) is 15.3. The quantitative estimate of drug-likeness (QED) is 0.264. The number of hydrogen-bond acceptors (Lipinski definition) is 8. The summed E-state index contributed by atoms with van der Waals surface area (Å²) in [6.07, 6.45) is 1.55. The number of benzene rings is 2. The zero-order chi connectivity index (χ0) is 26.8. The van der Waals surface area contributed by atoms with Gasteiger partial charge in [0, 0.05) is 18.1 Å². The van der Waals surface area contributed by atoms with Crippen molar-refractivity contribution in [3.05, 3.63) is 107 Å². The van der Waals surface area contributed by atoms with E-state index in [1.54, 1.807) is 79.9 Å². The van der Waals surface area contributed by atoms with E-state index in [1.807, 2.05) is 0 Å². The molecule has 1 aliphatic heterocycles. The number of Topliss-reactive ketones (excluding diaryl/α,β-unsaturated/α-hetero) is 1. The average Bonchev–Trinajstić information content (AvgIpc) is 3.49. The fourth-order valence-corrected chi connectivity index (χ4v) is 4.49. The molecule has 1 atom stereocenters. The number of nitrogens with zero attached hydrogens (tertiary/aromatic N) is 2. The minimum absolute atomic E-state index is 0.0413. The highest BCUT2D eigenvalue weighted by atomic mass is 16.5. The summed E-state index contributed by atoms with van der Waals surface area (Å²) in [4.78, 5) is 44.8. The zero-order valence-electron chi connectivity index (χ0n) is 20.7. The Morgan fingerprint density at radius 1 is 1.08 bits per heavy atom. The maximum atomic E-state index is 13.7. The lowest BCUT2D eigenvalue weighted by Gasteiger charge is -2.26. The van der Waals surface area contributed by atoms with Crippen LogP contribution in [-0.4, -0.2) is 46.4 Å². The van der Waals surface area contributed by atoms with Gasteiger partial charge in [-0.1, -0.05) is 30.3 Å². The second kappa shape index (κ2) is 10.2. The van der Waals surface area contributed by atoms with Gasteiger partial charge in [-0.2, -0.15) is 0 Å². The van der Waals surface area contributed by atoms with Crippen molar-refractivity contribution in [1.82, 2.24) is 9.88 Å². The van der Waals surface area contributed by atoms with Crippen LogP contribution in [0.2, 0.25) is 0 Å². The molecule has 0 saturated carbocycles. The van der Waals surface area contributed by atoms with Crippen molar-refractivity contribution in [1.29, 1.82) is 0 Å². The lowest BCUT2D eigenvalue weighted by Crippen LogP contribution is -2.31. The summed E-state index contributed by atoms with van der Waals surface area (Å²) in [6, 6.07) is 17.6. The molecule has 0 spiro atoms. The van der Waals surface area contributed by atoms with Crippen LogP contribution in [0.3, 0.4) is 0 Å². The number of fused-ring (bicyclic) bond motifs is 1. The third kappa shape index (κ3) is 4.39. The SMILES string of the molecule is CCOC(=O)c1ccc(CN2C(=O)C(O)=C(C(=O)c3cc4cccc(OC)c4o3)C2c2ccccn2)cc1. The number of aliphatic hydroxyl groups excluding tert-OH is 1. The summed E-state index contributed by atoms with van der Waals surface area (Å²) in [6.45, 7) is 2.04. The molecule has 38 heavy (non-hydrogen) atoms. The number of carbonyl (C=O) groups excluding carboxylic acids is 3. The number of rotatable bonds is 8. The molecular weight excluding hydrogens is 488 g/mol. The number of ketones is 1. The predicted molar refractivity (Wildman–Crippen MR) is 137 cm³/mol. The standard InChI is InChI=1S/C29H24N2O7/c1-3-37-29(35)18-12-10-17(11-13-18)16-31-24(20-8-4-5-14-30-20)23(26(33)28(31)34)25(32)22-15-19-7-6-9-21(36-2)27(19)38-22/h4-15,24,33H,3,16H2,1-2H3. The molecule has 192 valence electrons. The molecule has 0 bridgehead atoms. The lowest BCUT2D eigenvalue weighted by atomic mass is 9.98. The number of para-hydroxylation sites is 1. The first-order chi connectivity index (χ1) is 18.4. The molecule has 1 N–H and O–H groups in total. The molecule has 0 radical (unpaired) electrons. The minimum atomic E-state index is -0.962. The third-order valence-electron chi connectivity index (χ3n) is 6.29. The smallest absolute Gasteiger partial charge is 0.338 e. The van der Waals surface area contributed by atoms with E-state index in [-0.39, 0.29) is 24.5 Å². The number of ether oxygens (including phenoxy) is 2. The average molecular weight is 513 g/mol. The van der Waals surface area contributed by atoms with Gasteiger partial charge in [0.2, 0.25) is 5.78 Å². The van der Waals surface area contributed by atoms with Crippen LogP contribution in [0, 0.1) is 0 Å². The van der Waals surface area contributed by atoms with Crippen LogP contribution in [0.25, 0.3) is 11.0 Å². The summed E-state index contributed by atoms with van der Waals surface area (Å²) in [5.41, 5.74) is 1.72. The number of hydrogen-bond donors (Lipinski definition) is 1. The van der Waals surface area contributed by atoms with Gasteiger partial charge in [0.15, 0.2) is 22.9 Å². The number of amides is 1. The van der Waals surface area contributed by atoms with E-state index in [9.17, 15) is 19.5 Å². The van der Waals surface area contributed by atoms with E-state index in [1.165, 1.54) is 12.0 Å². The molecule has 1 aliphatic rings. The van der Waals surface area contributed by atoms with Crippen molar-refractivity contribution in [3.63, 3.8) is 0 Å². The molecule has 2 aromatic carbocycles. The van der Waals surface area contributed by atoms with Crippen molar-refractivity contribution in [3.8, 4) is 5.75 Å². The summed E-state index contributed by atoms with van der Waals surface area (Å²) >= 11 is 0.